The van der Waals surface area contributed by atoms with Crippen LogP contribution in [-0.2, 0) is 22.6 Å². The molecule has 2 amide bonds. The van der Waals surface area contributed by atoms with E-state index in [-0.39, 0.29) is 30.8 Å². The van der Waals surface area contributed by atoms with Gasteiger partial charge < -0.3 is 19.5 Å². The number of aromatic nitrogens is 1. The van der Waals surface area contributed by atoms with Crippen molar-refractivity contribution >= 4 is 22.7 Å². The number of benzene rings is 3. The first-order valence-electron chi connectivity index (χ1n) is 13.1. The van der Waals surface area contributed by atoms with Crippen LogP contribution in [0.15, 0.2) is 85.1 Å². The van der Waals surface area contributed by atoms with Crippen molar-refractivity contribution < 1.29 is 18.7 Å². The monoisotopic (exact) mass is 515 g/mol. The predicted octanol–water partition coefficient (Wildman–Crippen LogP) is 5.59. The Labute approximate surface area is 223 Å². The number of unbranched alkanes of at least 4 members (excludes halogenated alkanes) is 1. The van der Waals surface area contributed by atoms with Gasteiger partial charge in [-0.05, 0) is 54.3 Å². The molecule has 0 spiro atoms. The summed E-state index contributed by atoms with van der Waals surface area (Å²) in [5.74, 6) is -0.0909. The second-order valence-electron chi connectivity index (χ2n) is 9.32. The Balaban J connectivity index is 1.47. The molecule has 0 fully saturated rings. The Kier molecular flexibility index (Phi) is 9.51. The number of nitrogens with zero attached hydrogens (tertiary/aromatic N) is 2. The lowest BCUT2D eigenvalue weighted by atomic mass is 10.1. The van der Waals surface area contributed by atoms with Gasteiger partial charge in [0.1, 0.15) is 11.6 Å². The SMILES string of the molecule is CCCCN(CC(=O)N(CCc1c[nH]c2ccccc12)Cc1ccc(F)cc1)C(=O)COc1ccccc1. The predicted molar refractivity (Wildman–Crippen MR) is 147 cm³/mol. The van der Waals surface area contributed by atoms with Gasteiger partial charge in [0.05, 0.1) is 6.54 Å². The summed E-state index contributed by atoms with van der Waals surface area (Å²) in [4.78, 5) is 33.3. The van der Waals surface area contributed by atoms with E-state index in [0.717, 1.165) is 34.9 Å². The van der Waals surface area contributed by atoms with Crippen molar-refractivity contribution in [3.63, 3.8) is 0 Å². The van der Waals surface area contributed by atoms with Gasteiger partial charge in [-0.3, -0.25) is 9.59 Å². The molecule has 1 heterocycles. The maximum Gasteiger partial charge on any atom is 0.260 e. The van der Waals surface area contributed by atoms with Crippen LogP contribution in [0.4, 0.5) is 4.39 Å². The number of ether oxygens (including phenoxy) is 1. The normalized spacial score (nSPS) is 10.9. The van der Waals surface area contributed by atoms with E-state index in [1.807, 2.05) is 49.5 Å². The molecule has 4 rings (SSSR count). The van der Waals surface area contributed by atoms with Crippen molar-refractivity contribution in [2.24, 2.45) is 0 Å². The third kappa shape index (κ3) is 7.44. The van der Waals surface area contributed by atoms with E-state index in [0.29, 0.717) is 31.8 Å². The Morgan fingerprint density at radius 1 is 0.868 bits per heavy atom. The van der Waals surface area contributed by atoms with Crippen molar-refractivity contribution in [1.29, 1.82) is 0 Å². The topological polar surface area (TPSA) is 65.6 Å². The molecule has 7 heteroatoms. The largest absolute Gasteiger partial charge is 0.484 e. The number of amides is 2. The highest BCUT2D eigenvalue weighted by atomic mass is 19.1. The molecule has 0 bridgehead atoms. The van der Waals surface area contributed by atoms with Crippen LogP contribution in [0, 0.1) is 5.82 Å². The molecule has 0 saturated heterocycles. The maximum absolute atomic E-state index is 13.6. The van der Waals surface area contributed by atoms with Crippen molar-refractivity contribution in [1.82, 2.24) is 14.8 Å². The smallest absolute Gasteiger partial charge is 0.260 e. The molecule has 4 aromatic rings. The number of halogens is 1. The molecule has 0 radical (unpaired) electrons. The first-order valence-corrected chi connectivity index (χ1v) is 13.1. The molecule has 0 unspecified atom stereocenters. The van der Waals surface area contributed by atoms with Crippen LogP contribution in [0.2, 0.25) is 0 Å². The number of rotatable bonds is 13. The number of hydrogen-bond donors (Lipinski definition) is 1. The summed E-state index contributed by atoms with van der Waals surface area (Å²) in [6.07, 6.45) is 4.31. The quantitative estimate of drug-likeness (QED) is 0.253. The summed E-state index contributed by atoms with van der Waals surface area (Å²) in [5, 5.41) is 1.12. The van der Waals surface area contributed by atoms with Gasteiger partial charge in [-0.2, -0.15) is 0 Å². The highest BCUT2D eigenvalue weighted by Gasteiger charge is 2.22. The van der Waals surface area contributed by atoms with Crippen LogP contribution in [0.3, 0.4) is 0 Å². The van der Waals surface area contributed by atoms with Gasteiger partial charge in [0.2, 0.25) is 5.91 Å². The number of nitrogens with one attached hydrogen (secondary N) is 1. The van der Waals surface area contributed by atoms with Crippen molar-refractivity contribution in [2.45, 2.75) is 32.7 Å². The van der Waals surface area contributed by atoms with E-state index in [9.17, 15) is 14.0 Å². The number of carbonyl (C=O) groups is 2. The second-order valence-corrected chi connectivity index (χ2v) is 9.32. The van der Waals surface area contributed by atoms with Gasteiger partial charge in [-0.1, -0.05) is 61.9 Å². The van der Waals surface area contributed by atoms with Crippen LogP contribution >= 0.6 is 0 Å². The van der Waals surface area contributed by atoms with Gasteiger partial charge in [0.25, 0.3) is 5.91 Å². The molecule has 198 valence electrons. The van der Waals surface area contributed by atoms with Crippen molar-refractivity contribution in [2.75, 3.05) is 26.2 Å². The highest BCUT2D eigenvalue weighted by Crippen LogP contribution is 2.19. The van der Waals surface area contributed by atoms with Gasteiger partial charge >= 0.3 is 0 Å². The average molecular weight is 516 g/mol. The molecular weight excluding hydrogens is 481 g/mol. The van der Waals surface area contributed by atoms with Crippen LogP contribution in [-0.4, -0.2) is 52.8 Å². The Morgan fingerprint density at radius 3 is 2.37 bits per heavy atom. The Morgan fingerprint density at radius 2 is 1.61 bits per heavy atom. The van der Waals surface area contributed by atoms with Crippen LogP contribution < -0.4 is 4.74 Å². The fraction of sp³-hybridized carbons (Fsp3) is 0.290. The fourth-order valence-electron chi connectivity index (χ4n) is 4.35. The standard InChI is InChI=1S/C31H34FN3O3/c1-2-3-18-34(31(37)23-38-27-9-5-4-6-10-27)22-30(36)35(21-24-13-15-26(32)16-14-24)19-17-25-20-33-29-12-8-7-11-28(25)29/h4-16,20,33H,2-3,17-19,21-23H2,1H3. The summed E-state index contributed by atoms with van der Waals surface area (Å²) < 4.78 is 19.2. The van der Waals surface area contributed by atoms with E-state index in [1.165, 1.54) is 12.1 Å². The van der Waals surface area contributed by atoms with E-state index in [1.54, 1.807) is 34.1 Å². The zero-order valence-corrected chi connectivity index (χ0v) is 21.7. The van der Waals surface area contributed by atoms with E-state index < -0.39 is 0 Å². The Hall–Kier alpha value is -4.13. The van der Waals surface area contributed by atoms with Crippen molar-refractivity contribution in [3.8, 4) is 5.75 Å². The summed E-state index contributed by atoms with van der Waals surface area (Å²) in [6, 6.07) is 23.4. The number of fused-ring (bicyclic) bond motifs is 1. The van der Waals surface area contributed by atoms with E-state index in [4.69, 9.17) is 4.74 Å². The van der Waals surface area contributed by atoms with Gasteiger partial charge in [-0.25, -0.2) is 4.39 Å². The van der Waals surface area contributed by atoms with Crippen LogP contribution in [0.5, 0.6) is 5.75 Å². The number of aromatic amines is 1. The molecule has 0 aliphatic carbocycles. The zero-order valence-electron chi connectivity index (χ0n) is 21.7. The number of hydrogen-bond acceptors (Lipinski definition) is 3. The third-order valence-corrected chi connectivity index (χ3v) is 6.53. The molecule has 3 aromatic carbocycles. The molecule has 0 aliphatic rings. The highest BCUT2D eigenvalue weighted by molar-refractivity contribution is 5.86. The first kappa shape index (κ1) is 26.9. The lowest BCUT2D eigenvalue weighted by Gasteiger charge is -2.28. The van der Waals surface area contributed by atoms with Crippen LogP contribution in [0.25, 0.3) is 10.9 Å². The second kappa shape index (κ2) is 13.4. The summed E-state index contributed by atoms with van der Waals surface area (Å²) in [7, 11) is 0. The minimum atomic E-state index is -0.319. The molecule has 0 atom stereocenters. The number of para-hydroxylation sites is 2. The molecule has 6 nitrogen and oxygen atoms in total. The lowest BCUT2D eigenvalue weighted by molar-refractivity contribution is -0.142. The third-order valence-electron chi connectivity index (χ3n) is 6.53. The van der Waals surface area contributed by atoms with Gasteiger partial charge in [0.15, 0.2) is 6.61 Å². The van der Waals surface area contributed by atoms with Crippen LogP contribution in [0.1, 0.15) is 30.9 Å². The van der Waals surface area contributed by atoms with Gasteiger partial charge in [0, 0.05) is 36.7 Å². The van der Waals surface area contributed by atoms with Crippen molar-refractivity contribution in [3.05, 3.63) is 102 Å². The molecule has 0 aliphatic heterocycles. The lowest BCUT2D eigenvalue weighted by Crippen LogP contribution is -2.45. The number of H-pyrrole nitrogens is 1. The molecule has 1 aromatic heterocycles. The van der Waals surface area contributed by atoms with Gasteiger partial charge in [-0.15, -0.1) is 0 Å². The van der Waals surface area contributed by atoms with E-state index >= 15 is 0 Å². The fourth-order valence-corrected chi connectivity index (χ4v) is 4.35. The summed E-state index contributed by atoms with van der Waals surface area (Å²) in [5.41, 5.74) is 3.00. The van der Waals surface area contributed by atoms with E-state index in [2.05, 4.69) is 11.1 Å². The summed E-state index contributed by atoms with van der Waals surface area (Å²) >= 11 is 0. The molecule has 38 heavy (non-hydrogen) atoms. The molecular formula is C31H34FN3O3. The number of carbonyl (C=O) groups excluding carboxylic acids is 2. The zero-order chi connectivity index (χ0) is 26.7. The first-order chi connectivity index (χ1) is 18.5. The minimum absolute atomic E-state index is 0.0357. The summed E-state index contributed by atoms with van der Waals surface area (Å²) in [6.45, 7) is 3.16. The Bertz CT molecular complexity index is 1320. The molecule has 0 saturated carbocycles. The molecule has 1 N–H and O–H groups in total. The maximum atomic E-state index is 13.6. The minimum Gasteiger partial charge on any atom is -0.484 e. The average Bonchev–Trinajstić information content (AvgIpc) is 3.36.